The van der Waals surface area contributed by atoms with Crippen molar-refractivity contribution in [3.63, 3.8) is 0 Å². The Kier molecular flexibility index (Phi) is 2.96. The molecular formula is C14H20N2O. The molecule has 0 aliphatic heterocycles. The minimum atomic E-state index is -0.611. The minimum Gasteiger partial charge on any atom is -0.324 e. The Morgan fingerprint density at radius 3 is 2.59 bits per heavy atom. The lowest BCUT2D eigenvalue weighted by Crippen LogP contribution is -2.38. The van der Waals surface area contributed by atoms with E-state index in [9.17, 15) is 4.79 Å². The van der Waals surface area contributed by atoms with Crippen LogP contribution in [0.25, 0.3) is 0 Å². The van der Waals surface area contributed by atoms with Gasteiger partial charge < -0.3 is 11.1 Å². The molecule has 1 aromatic rings. The van der Waals surface area contributed by atoms with Crippen molar-refractivity contribution in [1.82, 2.24) is 0 Å². The molecule has 2 rings (SSSR count). The van der Waals surface area contributed by atoms with Gasteiger partial charge >= 0.3 is 0 Å². The van der Waals surface area contributed by atoms with Gasteiger partial charge in [-0.3, -0.25) is 4.79 Å². The lowest BCUT2D eigenvalue weighted by Gasteiger charge is -2.14. The molecule has 0 radical (unpaired) electrons. The lowest BCUT2D eigenvalue weighted by molar-refractivity contribution is -0.118. The number of amides is 1. The van der Waals surface area contributed by atoms with Crippen molar-refractivity contribution in [3.05, 3.63) is 29.3 Å². The number of anilines is 1. The Morgan fingerprint density at radius 1 is 1.41 bits per heavy atom. The summed E-state index contributed by atoms with van der Waals surface area (Å²) >= 11 is 0. The van der Waals surface area contributed by atoms with Crippen LogP contribution in [0.5, 0.6) is 0 Å². The molecule has 1 amide bonds. The van der Waals surface area contributed by atoms with E-state index in [2.05, 4.69) is 25.2 Å². The molecule has 0 saturated heterocycles. The van der Waals surface area contributed by atoms with Gasteiger partial charge in [-0.25, -0.2) is 0 Å². The second-order valence-electron chi connectivity index (χ2n) is 5.34. The third-order valence-corrected chi connectivity index (χ3v) is 3.42. The van der Waals surface area contributed by atoms with E-state index in [4.69, 9.17) is 5.73 Å². The predicted molar refractivity (Wildman–Crippen MR) is 70.1 cm³/mol. The van der Waals surface area contributed by atoms with E-state index >= 15 is 0 Å². The number of carbonyl (C=O) groups excluding carboxylic acids is 1. The molecule has 1 saturated carbocycles. The lowest BCUT2D eigenvalue weighted by atomic mass is 10.0. The smallest absolute Gasteiger partial charge is 0.244 e. The maximum absolute atomic E-state index is 11.9. The topological polar surface area (TPSA) is 55.1 Å². The van der Waals surface area contributed by atoms with Gasteiger partial charge in [-0.15, -0.1) is 0 Å². The molecule has 92 valence electrons. The Balaban J connectivity index is 2.19. The largest absolute Gasteiger partial charge is 0.324 e. The molecule has 0 heterocycles. The van der Waals surface area contributed by atoms with E-state index in [1.54, 1.807) is 0 Å². The number of nitrogens with two attached hydrogens (primary N) is 1. The monoisotopic (exact) mass is 232 g/mol. The summed E-state index contributed by atoms with van der Waals surface area (Å²) in [6.45, 7) is 6.28. The van der Waals surface area contributed by atoms with Crippen LogP contribution < -0.4 is 11.1 Å². The van der Waals surface area contributed by atoms with E-state index < -0.39 is 5.54 Å². The average molecular weight is 232 g/mol. The summed E-state index contributed by atoms with van der Waals surface area (Å²) in [6.07, 6.45) is 1.59. The first-order valence-electron chi connectivity index (χ1n) is 6.13. The highest BCUT2D eigenvalue weighted by Gasteiger charge is 2.46. The Labute approximate surface area is 102 Å². The highest BCUT2D eigenvalue weighted by atomic mass is 16.2. The highest BCUT2D eigenvalue weighted by molar-refractivity contribution is 6.00. The normalized spacial score (nSPS) is 17.0. The van der Waals surface area contributed by atoms with Crippen LogP contribution in [0, 0.1) is 6.92 Å². The van der Waals surface area contributed by atoms with Crippen molar-refractivity contribution >= 4 is 11.6 Å². The van der Waals surface area contributed by atoms with Crippen molar-refractivity contribution in [2.45, 2.75) is 45.1 Å². The van der Waals surface area contributed by atoms with Crippen molar-refractivity contribution in [2.24, 2.45) is 5.73 Å². The summed E-state index contributed by atoms with van der Waals surface area (Å²) in [7, 11) is 0. The number of nitrogens with one attached hydrogen (secondary N) is 1. The zero-order valence-corrected chi connectivity index (χ0v) is 10.7. The molecule has 3 N–H and O–H groups in total. The fraction of sp³-hybridized carbons (Fsp3) is 0.500. The van der Waals surface area contributed by atoms with Gasteiger partial charge in [-0.1, -0.05) is 26.0 Å². The zero-order chi connectivity index (χ0) is 12.6. The van der Waals surface area contributed by atoms with Crippen molar-refractivity contribution in [1.29, 1.82) is 0 Å². The zero-order valence-electron chi connectivity index (χ0n) is 10.7. The molecule has 1 aliphatic carbocycles. The Bertz CT molecular complexity index is 448. The molecular weight excluding hydrogens is 212 g/mol. The first kappa shape index (κ1) is 12.1. The van der Waals surface area contributed by atoms with Crippen molar-refractivity contribution in [3.8, 4) is 0 Å². The summed E-state index contributed by atoms with van der Waals surface area (Å²) in [5.74, 6) is 0.403. The number of benzene rings is 1. The van der Waals surface area contributed by atoms with Gasteiger partial charge in [0.2, 0.25) is 5.91 Å². The van der Waals surface area contributed by atoms with Gasteiger partial charge in [0, 0.05) is 5.69 Å². The molecule has 3 heteroatoms. The number of carbonyl (C=O) groups is 1. The van der Waals surface area contributed by atoms with E-state index in [1.807, 2.05) is 19.1 Å². The molecule has 0 bridgehead atoms. The first-order valence-corrected chi connectivity index (χ1v) is 6.13. The van der Waals surface area contributed by atoms with E-state index in [1.165, 1.54) is 5.56 Å². The van der Waals surface area contributed by atoms with Gasteiger partial charge in [0.15, 0.2) is 0 Å². The third-order valence-electron chi connectivity index (χ3n) is 3.42. The molecule has 0 aromatic heterocycles. The van der Waals surface area contributed by atoms with Gasteiger partial charge in [0.05, 0.1) is 5.54 Å². The fourth-order valence-corrected chi connectivity index (χ4v) is 1.74. The van der Waals surface area contributed by atoms with E-state index in [0.29, 0.717) is 5.92 Å². The summed E-state index contributed by atoms with van der Waals surface area (Å²) in [4.78, 5) is 11.9. The number of aryl methyl sites for hydroxylation is 1. The molecule has 1 aromatic carbocycles. The van der Waals surface area contributed by atoms with Gasteiger partial charge in [0.25, 0.3) is 0 Å². The van der Waals surface area contributed by atoms with Crippen LogP contribution in [0.2, 0.25) is 0 Å². The summed E-state index contributed by atoms with van der Waals surface area (Å²) in [5.41, 5.74) is 8.46. The minimum absolute atomic E-state index is 0.0542. The summed E-state index contributed by atoms with van der Waals surface area (Å²) in [6, 6.07) is 6.19. The van der Waals surface area contributed by atoms with Crippen LogP contribution in [0.4, 0.5) is 5.69 Å². The summed E-state index contributed by atoms with van der Waals surface area (Å²) < 4.78 is 0. The SMILES string of the molecule is Cc1ccc(C(C)C)cc1NC(=O)C1(N)CC1. The standard InChI is InChI=1S/C14H20N2O/c1-9(2)11-5-4-10(3)12(8-11)16-13(17)14(15)6-7-14/h4-5,8-9H,6-7,15H2,1-3H3,(H,16,17). The quantitative estimate of drug-likeness (QED) is 0.841. The second kappa shape index (κ2) is 4.15. The van der Waals surface area contributed by atoms with Crippen molar-refractivity contribution in [2.75, 3.05) is 5.32 Å². The van der Waals surface area contributed by atoms with Crippen LogP contribution >= 0.6 is 0 Å². The van der Waals surface area contributed by atoms with Crippen LogP contribution in [0.3, 0.4) is 0 Å². The molecule has 1 fully saturated rings. The van der Waals surface area contributed by atoms with Crippen LogP contribution in [0.15, 0.2) is 18.2 Å². The van der Waals surface area contributed by atoms with E-state index in [-0.39, 0.29) is 5.91 Å². The third kappa shape index (κ3) is 2.50. The molecule has 0 unspecified atom stereocenters. The molecule has 1 aliphatic rings. The highest BCUT2D eigenvalue weighted by Crippen LogP contribution is 2.34. The van der Waals surface area contributed by atoms with Crippen LogP contribution in [-0.2, 0) is 4.79 Å². The van der Waals surface area contributed by atoms with Crippen molar-refractivity contribution < 1.29 is 4.79 Å². The molecule has 0 atom stereocenters. The number of hydrogen-bond acceptors (Lipinski definition) is 2. The molecule has 17 heavy (non-hydrogen) atoms. The number of hydrogen-bond donors (Lipinski definition) is 2. The van der Waals surface area contributed by atoms with Gasteiger partial charge in [-0.2, -0.15) is 0 Å². The molecule has 0 spiro atoms. The Morgan fingerprint density at radius 2 is 2.06 bits per heavy atom. The fourth-order valence-electron chi connectivity index (χ4n) is 1.74. The molecule has 3 nitrogen and oxygen atoms in total. The van der Waals surface area contributed by atoms with Gasteiger partial charge in [0.1, 0.15) is 0 Å². The Hall–Kier alpha value is -1.35. The maximum Gasteiger partial charge on any atom is 0.244 e. The van der Waals surface area contributed by atoms with Gasteiger partial charge in [-0.05, 0) is 42.9 Å². The summed E-state index contributed by atoms with van der Waals surface area (Å²) in [5, 5.41) is 2.94. The second-order valence-corrected chi connectivity index (χ2v) is 5.34. The first-order chi connectivity index (χ1) is 7.92. The van der Waals surface area contributed by atoms with E-state index in [0.717, 1.165) is 24.1 Å². The average Bonchev–Trinajstić information content (AvgIpc) is 3.00. The maximum atomic E-state index is 11.9. The van der Waals surface area contributed by atoms with Crippen LogP contribution in [-0.4, -0.2) is 11.4 Å². The number of rotatable bonds is 3. The van der Waals surface area contributed by atoms with Crippen LogP contribution in [0.1, 0.15) is 43.7 Å². The predicted octanol–water partition coefficient (Wildman–Crippen LogP) is 2.55.